The van der Waals surface area contributed by atoms with Crippen molar-refractivity contribution >= 4 is 0 Å². The minimum Gasteiger partial charge on any atom is -0.171 e. The van der Waals surface area contributed by atoms with E-state index in [1.807, 2.05) is 0 Å². The Morgan fingerprint density at radius 1 is 1.12 bits per heavy atom. The number of alkyl halides is 3. The van der Waals surface area contributed by atoms with Crippen LogP contribution in [0, 0.1) is 11.3 Å². The molecule has 0 amide bonds. The number of halogens is 3. The van der Waals surface area contributed by atoms with Crippen LogP contribution in [0.2, 0.25) is 0 Å². The zero-order valence-electron chi connectivity index (χ0n) is 11.1. The zero-order chi connectivity index (χ0) is 12.9. The van der Waals surface area contributed by atoms with Crippen LogP contribution in [0.3, 0.4) is 0 Å². The van der Waals surface area contributed by atoms with Gasteiger partial charge in [-0.3, -0.25) is 0 Å². The molecule has 0 bridgehead atoms. The Kier molecular flexibility index (Phi) is 5.33. The molecule has 0 spiro atoms. The van der Waals surface area contributed by atoms with Gasteiger partial charge in [0.1, 0.15) is 0 Å². The molecule has 1 aliphatic carbocycles. The van der Waals surface area contributed by atoms with Crippen molar-refractivity contribution in [2.45, 2.75) is 77.8 Å². The monoisotopic (exact) mass is 250 g/mol. The molecule has 102 valence electrons. The second-order valence-electron chi connectivity index (χ2n) is 6.05. The summed E-state index contributed by atoms with van der Waals surface area (Å²) < 4.78 is 37.4. The molecule has 1 saturated carbocycles. The van der Waals surface area contributed by atoms with Crippen LogP contribution in [0.25, 0.3) is 0 Å². The average Bonchev–Trinajstić information content (AvgIpc) is 2.88. The highest BCUT2D eigenvalue weighted by molar-refractivity contribution is 4.90. The lowest BCUT2D eigenvalue weighted by atomic mass is 9.87. The Labute approximate surface area is 103 Å². The highest BCUT2D eigenvalue weighted by Crippen LogP contribution is 2.52. The molecule has 1 atom stereocenters. The molecule has 0 aromatic heterocycles. The number of hydrogen-bond acceptors (Lipinski definition) is 0. The van der Waals surface area contributed by atoms with E-state index >= 15 is 0 Å². The van der Waals surface area contributed by atoms with Gasteiger partial charge in [-0.15, -0.1) is 0 Å². The molecule has 1 fully saturated rings. The van der Waals surface area contributed by atoms with E-state index in [1.54, 1.807) is 0 Å². The fourth-order valence-electron chi connectivity index (χ4n) is 2.58. The van der Waals surface area contributed by atoms with Crippen molar-refractivity contribution in [3.8, 4) is 0 Å². The van der Waals surface area contributed by atoms with Gasteiger partial charge in [-0.1, -0.05) is 46.0 Å². The maximum absolute atomic E-state index is 12.5. The summed E-state index contributed by atoms with van der Waals surface area (Å²) in [6.45, 7) is 4.25. The summed E-state index contributed by atoms with van der Waals surface area (Å²) in [6, 6.07) is 0. The third-order valence-electron chi connectivity index (χ3n) is 3.87. The molecule has 0 saturated heterocycles. The van der Waals surface area contributed by atoms with Crippen LogP contribution in [-0.4, -0.2) is 6.18 Å². The molecule has 0 N–H and O–H groups in total. The van der Waals surface area contributed by atoms with Crippen molar-refractivity contribution in [3.05, 3.63) is 0 Å². The Bertz CT molecular complexity index is 209. The average molecular weight is 250 g/mol. The molecular formula is C14H25F3. The molecule has 17 heavy (non-hydrogen) atoms. The van der Waals surface area contributed by atoms with Gasteiger partial charge in [0.25, 0.3) is 0 Å². The van der Waals surface area contributed by atoms with Gasteiger partial charge in [-0.2, -0.15) is 13.2 Å². The van der Waals surface area contributed by atoms with Gasteiger partial charge in [0, 0.05) is 6.42 Å². The molecule has 0 heterocycles. The summed E-state index contributed by atoms with van der Waals surface area (Å²) in [7, 11) is 0. The molecule has 3 heteroatoms. The molecule has 0 unspecified atom stereocenters. The van der Waals surface area contributed by atoms with E-state index in [0.29, 0.717) is 0 Å². The van der Waals surface area contributed by atoms with Crippen molar-refractivity contribution in [2.75, 3.05) is 0 Å². The smallest absolute Gasteiger partial charge is 0.171 e. The van der Waals surface area contributed by atoms with Crippen molar-refractivity contribution in [3.63, 3.8) is 0 Å². The second-order valence-corrected chi connectivity index (χ2v) is 6.05. The lowest BCUT2D eigenvalue weighted by Gasteiger charge is -2.22. The first-order valence-corrected chi connectivity index (χ1v) is 6.91. The van der Waals surface area contributed by atoms with Crippen LogP contribution in [0.15, 0.2) is 0 Å². The van der Waals surface area contributed by atoms with Gasteiger partial charge < -0.3 is 0 Å². The topological polar surface area (TPSA) is 0 Å². The first-order valence-electron chi connectivity index (χ1n) is 6.91. The first kappa shape index (κ1) is 14.8. The van der Waals surface area contributed by atoms with Crippen molar-refractivity contribution in [1.29, 1.82) is 0 Å². The highest BCUT2D eigenvalue weighted by Gasteiger charge is 2.41. The van der Waals surface area contributed by atoms with Gasteiger partial charge in [-0.05, 0) is 30.6 Å². The summed E-state index contributed by atoms with van der Waals surface area (Å²) in [5, 5.41) is 0. The summed E-state index contributed by atoms with van der Waals surface area (Å²) >= 11 is 0. The number of rotatable bonds is 8. The maximum atomic E-state index is 12.5. The molecule has 0 radical (unpaired) electrons. The molecular weight excluding hydrogens is 225 g/mol. The van der Waals surface area contributed by atoms with Crippen LogP contribution in [0.1, 0.15) is 71.6 Å². The molecule has 1 aliphatic rings. The van der Waals surface area contributed by atoms with E-state index in [4.69, 9.17) is 0 Å². The van der Waals surface area contributed by atoms with E-state index in [1.165, 1.54) is 0 Å². The molecule has 0 nitrogen and oxygen atoms in total. The lowest BCUT2D eigenvalue weighted by molar-refractivity contribution is -0.146. The predicted molar refractivity (Wildman–Crippen MR) is 64.9 cm³/mol. The minimum atomic E-state index is -3.99. The normalized spacial score (nSPS) is 20.3. The fraction of sp³-hybridized carbons (Fsp3) is 1.00. The maximum Gasteiger partial charge on any atom is 0.389 e. The van der Waals surface area contributed by atoms with Crippen LogP contribution in [0.5, 0.6) is 0 Å². The summed E-state index contributed by atoms with van der Waals surface area (Å²) in [4.78, 5) is 0. The third-order valence-corrected chi connectivity index (χ3v) is 3.87. The predicted octanol–water partition coefficient (Wildman–Crippen LogP) is 5.72. The van der Waals surface area contributed by atoms with Gasteiger partial charge in [0.2, 0.25) is 0 Å². The van der Waals surface area contributed by atoms with Crippen LogP contribution >= 0.6 is 0 Å². The Hall–Kier alpha value is -0.210. The van der Waals surface area contributed by atoms with Crippen LogP contribution < -0.4 is 0 Å². The highest BCUT2D eigenvalue weighted by atomic mass is 19.4. The van der Waals surface area contributed by atoms with E-state index in [2.05, 4.69) is 13.8 Å². The number of hydrogen-bond donors (Lipinski definition) is 0. The second kappa shape index (κ2) is 6.10. The van der Waals surface area contributed by atoms with E-state index in [-0.39, 0.29) is 11.3 Å². The molecule has 0 aromatic rings. The Balaban J connectivity index is 2.30. The summed E-state index contributed by atoms with van der Waals surface area (Å²) in [5.41, 5.74) is 0.237. The Morgan fingerprint density at radius 2 is 1.76 bits per heavy atom. The minimum absolute atomic E-state index is 0.139. The molecule has 0 aromatic carbocycles. The first-order chi connectivity index (χ1) is 7.85. The van der Waals surface area contributed by atoms with Gasteiger partial charge in [-0.25, -0.2) is 0 Å². The lowest BCUT2D eigenvalue weighted by Crippen LogP contribution is -2.17. The quantitative estimate of drug-likeness (QED) is 0.483. The van der Waals surface area contributed by atoms with Crippen molar-refractivity contribution < 1.29 is 13.2 Å². The third kappa shape index (κ3) is 6.95. The largest absolute Gasteiger partial charge is 0.389 e. The fourth-order valence-corrected chi connectivity index (χ4v) is 2.58. The van der Waals surface area contributed by atoms with E-state index < -0.39 is 12.6 Å². The number of unbranched alkanes of at least 4 members (excludes halogenated alkanes) is 3. The van der Waals surface area contributed by atoms with E-state index in [0.717, 1.165) is 51.4 Å². The van der Waals surface area contributed by atoms with Crippen LogP contribution in [0.4, 0.5) is 13.2 Å². The zero-order valence-corrected chi connectivity index (χ0v) is 11.1. The molecule has 0 aliphatic heterocycles. The summed E-state index contributed by atoms with van der Waals surface area (Å²) in [5.74, 6) is -0.139. The van der Waals surface area contributed by atoms with Crippen molar-refractivity contribution in [2.24, 2.45) is 11.3 Å². The Morgan fingerprint density at radius 3 is 2.24 bits per heavy atom. The standard InChI is InChI=1S/C14H25F3/c1-3-4-5-6-7-12(11-14(15,16)17)10-13(2)8-9-13/h12H,3-11H2,1-2H3/t12-/m0/s1. The molecule has 1 rings (SSSR count). The van der Waals surface area contributed by atoms with Gasteiger partial charge >= 0.3 is 6.18 Å². The van der Waals surface area contributed by atoms with Crippen LogP contribution in [-0.2, 0) is 0 Å². The van der Waals surface area contributed by atoms with Gasteiger partial charge in [0.15, 0.2) is 0 Å². The van der Waals surface area contributed by atoms with Crippen molar-refractivity contribution in [1.82, 2.24) is 0 Å². The van der Waals surface area contributed by atoms with E-state index in [9.17, 15) is 13.2 Å². The SMILES string of the molecule is CCCCCC[C@H](CC(F)(F)F)CC1(C)CC1. The summed E-state index contributed by atoms with van der Waals surface area (Å²) in [6.07, 6.45) is 3.56. The van der Waals surface area contributed by atoms with Gasteiger partial charge in [0.05, 0.1) is 0 Å².